The van der Waals surface area contributed by atoms with Gasteiger partial charge in [-0.1, -0.05) is 18.5 Å². The van der Waals surface area contributed by atoms with Crippen molar-refractivity contribution >= 4 is 23.5 Å². The van der Waals surface area contributed by atoms with Crippen LogP contribution < -0.4 is 4.74 Å². The molecule has 0 aromatic heterocycles. The van der Waals surface area contributed by atoms with Crippen molar-refractivity contribution < 1.29 is 19.1 Å². The molecule has 0 radical (unpaired) electrons. The van der Waals surface area contributed by atoms with Crippen LogP contribution in [0.15, 0.2) is 18.2 Å². The van der Waals surface area contributed by atoms with Gasteiger partial charge in [0.15, 0.2) is 6.61 Å². The molecule has 5 nitrogen and oxygen atoms in total. The summed E-state index contributed by atoms with van der Waals surface area (Å²) in [5.41, 5.74) is 0.876. The van der Waals surface area contributed by atoms with E-state index in [0.29, 0.717) is 17.3 Å². The van der Waals surface area contributed by atoms with Gasteiger partial charge in [0.05, 0.1) is 7.11 Å². The smallest absolute Gasteiger partial charge is 0.325 e. The standard InChI is InChI=1S/C15H20ClNO4/c1-4-7-17(9-15(19)20-3)14(18)10-21-12-5-6-13(16)11(2)8-12/h5-6,8H,4,7,9-10H2,1-3H3. The second-order valence-corrected chi connectivity index (χ2v) is 5.00. The van der Waals surface area contributed by atoms with Crippen molar-refractivity contribution in [2.45, 2.75) is 20.3 Å². The van der Waals surface area contributed by atoms with Gasteiger partial charge in [0.25, 0.3) is 5.91 Å². The molecule has 0 aliphatic rings. The van der Waals surface area contributed by atoms with E-state index in [0.717, 1.165) is 12.0 Å². The summed E-state index contributed by atoms with van der Waals surface area (Å²) in [4.78, 5) is 24.8. The number of halogens is 1. The Hall–Kier alpha value is -1.75. The lowest BCUT2D eigenvalue weighted by Crippen LogP contribution is -2.39. The van der Waals surface area contributed by atoms with Crippen LogP contribution in [0.5, 0.6) is 5.75 Å². The number of aryl methyl sites for hydroxylation is 1. The zero-order valence-electron chi connectivity index (χ0n) is 12.5. The van der Waals surface area contributed by atoms with E-state index in [1.54, 1.807) is 18.2 Å². The number of nitrogens with zero attached hydrogens (tertiary/aromatic N) is 1. The molecule has 0 heterocycles. The molecule has 1 aromatic rings. The van der Waals surface area contributed by atoms with Crippen molar-refractivity contribution in [2.75, 3.05) is 26.8 Å². The summed E-state index contributed by atoms with van der Waals surface area (Å²) < 4.78 is 10.0. The largest absolute Gasteiger partial charge is 0.484 e. The average Bonchev–Trinajstić information content (AvgIpc) is 2.47. The van der Waals surface area contributed by atoms with Crippen molar-refractivity contribution in [3.63, 3.8) is 0 Å². The first-order valence-corrected chi connectivity index (χ1v) is 7.09. The van der Waals surface area contributed by atoms with Crippen LogP contribution in [0.3, 0.4) is 0 Å². The van der Waals surface area contributed by atoms with E-state index in [2.05, 4.69) is 4.74 Å². The Labute approximate surface area is 129 Å². The van der Waals surface area contributed by atoms with E-state index in [-0.39, 0.29) is 19.1 Å². The number of hydrogen-bond acceptors (Lipinski definition) is 4. The first-order chi connectivity index (χ1) is 9.97. The molecule has 0 bridgehead atoms. The molecule has 0 fully saturated rings. The number of esters is 1. The van der Waals surface area contributed by atoms with E-state index in [1.807, 2.05) is 13.8 Å². The number of rotatable bonds is 7. The number of carbonyl (C=O) groups excluding carboxylic acids is 2. The van der Waals surface area contributed by atoms with E-state index in [4.69, 9.17) is 16.3 Å². The summed E-state index contributed by atoms with van der Waals surface area (Å²) in [6.07, 6.45) is 0.753. The van der Waals surface area contributed by atoms with Gasteiger partial charge in [0.2, 0.25) is 0 Å². The molecule has 0 unspecified atom stereocenters. The molecule has 1 aromatic carbocycles. The number of amides is 1. The minimum atomic E-state index is -0.445. The molecule has 0 atom stereocenters. The number of carbonyl (C=O) groups is 2. The van der Waals surface area contributed by atoms with Gasteiger partial charge in [-0.25, -0.2) is 0 Å². The van der Waals surface area contributed by atoms with Gasteiger partial charge in [-0.05, 0) is 37.1 Å². The van der Waals surface area contributed by atoms with Gasteiger partial charge in [0.1, 0.15) is 12.3 Å². The summed E-state index contributed by atoms with van der Waals surface area (Å²) in [5, 5.41) is 0.645. The van der Waals surface area contributed by atoms with Gasteiger partial charge in [0, 0.05) is 11.6 Å². The van der Waals surface area contributed by atoms with Crippen molar-refractivity contribution in [3.05, 3.63) is 28.8 Å². The lowest BCUT2D eigenvalue weighted by Gasteiger charge is -2.20. The summed E-state index contributed by atoms with van der Waals surface area (Å²) in [6, 6.07) is 5.18. The number of methoxy groups -OCH3 is 1. The maximum atomic E-state index is 12.1. The normalized spacial score (nSPS) is 10.1. The van der Waals surface area contributed by atoms with Crippen LogP contribution in [-0.2, 0) is 14.3 Å². The Bertz CT molecular complexity index is 504. The fraction of sp³-hybridized carbons (Fsp3) is 0.467. The third-order valence-electron chi connectivity index (χ3n) is 2.89. The Morgan fingerprint density at radius 1 is 1.33 bits per heavy atom. The van der Waals surface area contributed by atoms with E-state index in [1.165, 1.54) is 12.0 Å². The summed E-state index contributed by atoms with van der Waals surface area (Å²) in [5.74, 6) is -0.131. The lowest BCUT2D eigenvalue weighted by atomic mass is 10.2. The molecule has 6 heteroatoms. The Kier molecular flexibility index (Phi) is 7.02. The molecular formula is C15H20ClNO4. The molecule has 0 saturated carbocycles. The quantitative estimate of drug-likeness (QED) is 0.726. The summed E-state index contributed by atoms with van der Waals surface area (Å²) >= 11 is 5.93. The van der Waals surface area contributed by atoms with Gasteiger partial charge in [-0.3, -0.25) is 9.59 Å². The lowest BCUT2D eigenvalue weighted by molar-refractivity contribution is -0.147. The minimum absolute atomic E-state index is 0.0633. The van der Waals surface area contributed by atoms with E-state index < -0.39 is 5.97 Å². The minimum Gasteiger partial charge on any atom is -0.484 e. The monoisotopic (exact) mass is 313 g/mol. The highest BCUT2D eigenvalue weighted by Gasteiger charge is 2.17. The molecule has 0 aliphatic heterocycles. The van der Waals surface area contributed by atoms with E-state index in [9.17, 15) is 9.59 Å². The van der Waals surface area contributed by atoms with Crippen LogP contribution in [0.1, 0.15) is 18.9 Å². The van der Waals surface area contributed by atoms with E-state index >= 15 is 0 Å². The summed E-state index contributed by atoms with van der Waals surface area (Å²) in [6.45, 7) is 4.08. The molecule has 1 rings (SSSR count). The molecule has 116 valence electrons. The third-order valence-corrected chi connectivity index (χ3v) is 3.31. The first kappa shape index (κ1) is 17.3. The zero-order valence-corrected chi connectivity index (χ0v) is 13.3. The molecule has 1 amide bonds. The zero-order chi connectivity index (χ0) is 15.8. The maximum Gasteiger partial charge on any atom is 0.325 e. The van der Waals surface area contributed by atoms with Crippen LogP contribution in [0.25, 0.3) is 0 Å². The number of hydrogen-bond donors (Lipinski definition) is 0. The Balaban J connectivity index is 2.60. The molecule has 0 spiro atoms. The molecule has 0 saturated heterocycles. The Morgan fingerprint density at radius 3 is 2.62 bits per heavy atom. The number of benzene rings is 1. The summed E-state index contributed by atoms with van der Waals surface area (Å²) in [7, 11) is 1.30. The van der Waals surface area contributed by atoms with Gasteiger partial charge in [-0.2, -0.15) is 0 Å². The fourth-order valence-electron chi connectivity index (χ4n) is 1.73. The highest BCUT2D eigenvalue weighted by molar-refractivity contribution is 6.31. The highest BCUT2D eigenvalue weighted by atomic mass is 35.5. The van der Waals surface area contributed by atoms with Crippen molar-refractivity contribution in [3.8, 4) is 5.75 Å². The van der Waals surface area contributed by atoms with Crippen LogP contribution >= 0.6 is 11.6 Å². The van der Waals surface area contributed by atoms with Crippen molar-refractivity contribution in [1.82, 2.24) is 4.90 Å². The molecule has 0 N–H and O–H groups in total. The number of ether oxygens (including phenoxy) is 2. The highest BCUT2D eigenvalue weighted by Crippen LogP contribution is 2.21. The predicted molar refractivity (Wildman–Crippen MR) is 80.6 cm³/mol. The van der Waals surface area contributed by atoms with Crippen LogP contribution in [0.4, 0.5) is 0 Å². The SMILES string of the molecule is CCCN(CC(=O)OC)C(=O)COc1ccc(Cl)c(C)c1. The van der Waals surface area contributed by atoms with Crippen LogP contribution in [-0.4, -0.2) is 43.6 Å². The Morgan fingerprint density at radius 2 is 2.05 bits per heavy atom. The first-order valence-electron chi connectivity index (χ1n) is 6.71. The van der Waals surface area contributed by atoms with Crippen molar-refractivity contribution in [1.29, 1.82) is 0 Å². The predicted octanol–water partition coefficient (Wildman–Crippen LogP) is 2.44. The van der Waals surface area contributed by atoms with Gasteiger partial charge < -0.3 is 14.4 Å². The maximum absolute atomic E-state index is 12.1. The molecular weight excluding hydrogens is 294 g/mol. The van der Waals surface area contributed by atoms with Crippen molar-refractivity contribution in [2.24, 2.45) is 0 Å². The second-order valence-electron chi connectivity index (χ2n) is 4.59. The van der Waals surface area contributed by atoms with Crippen LogP contribution in [0, 0.1) is 6.92 Å². The molecule has 21 heavy (non-hydrogen) atoms. The topological polar surface area (TPSA) is 55.8 Å². The van der Waals surface area contributed by atoms with Gasteiger partial charge in [-0.15, -0.1) is 0 Å². The fourth-order valence-corrected chi connectivity index (χ4v) is 1.84. The molecule has 0 aliphatic carbocycles. The average molecular weight is 314 g/mol. The third kappa shape index (κ3) is 5.63. The van der Waals surface area contributed by atoms with Crippen LogP contribution in [0.2, 0.25) is 5.02 Å². The second kappa shape index (κ2) is 8.52. The van der Waals surface area contributed by atoms with Gasteiger partial charge >= 0.3 is 5.97 Å².